The van der Waals surface area contributed by atoms with Crippen molar-refractivity contribution in [1.82, 2.24) is 24.6 Å². The molecule has 0 saturated carbocycles. The maximum atomic E-state index is 15.6. The fourth-order valence-corrected chi connectivity index (χ4v) is 5.67. The number of benzene rings is 2. The average molecular weight is 702 g/mol. The van der Waals surface area contributed by atoms with E-state index in [2.05, 4.69) is 10.2 Å². The van der Waals surface area contributed by atoms with Gasteiger partial charge in [0.1, 0.15) is 29.4 Å². The lowest BCUT2D eigenvalue weighted by molar-refractivity contribution is -0.140. The number of ether oxygens (including phenoxy) is 2. The Morgan fingerprint density at radius 3 is 1.40 bits per heavy atom. The smallest absolute Gasteiger partial charge is 0.410 e. The average Bonchev–Trinajstić information content (AvgIpc) is 3.40. The van der Waals surface area contributed by atoms with Crippen LogP contribution >= 0.6 is 0 Å². The molecule has 0 bridgehead atoms. The second-order valence-electron chi connectivity index (χ2n) is 14.2. The van der Waals surface area contributed by atoms with Gasteiger partial charge in [0, 0.05) is 26.2 Å². The molecule has 3 aromatic rings. The zero-order chi connectivity index (χ0) is 36.6. The Kier molecular flexibility index (Phi) is 10.1. The van der Waals surface area contributed by atoms with Crippen molar-refractivity contribution in [3.63, 3.8) is 0 Å². The summed E-state index contributed by atoms with van der Waals surface area (Å²) in [6.07, 6.45) is -1.28. The van der Waals surface area contributed by atoms with Gasteiger partial charge >= 0.3 is 18.4 Å². The summed E-state index contributed by atoms with van der Waals surface area (Å²) in [6.45, 7) is 10.2. The molecule has 0 fully saturated rings. The zero-order valence-electron chi connectivity index (χ0n) is 28.8. The van der Waals surface area contributed by atoms with Crippen LogP contribution in [0, 0.1) is 11.6 Å². The van der Waals surface area contributed by atoms with Gasteiger partial charge in [0.05, 0.1) is 11.1 Å². The highest BCUT2D eigenvalue weighted by atomic mass is 19.4. The van der Waals surface area contributed by atoms with Gasteiger partial charge in [0.15, 0.2) is 11.6 Å². The Morgan fingerprint density at radius 2 is 1.10 bits per heavy atom. The van der Waals surface area contributed by atoms with E-state index >= 15 is 8.78 Å². The summed E-state index contributed by atoms with van der Waals surface area (Å²) in [4.78, 5) is 27.9. The molecule has 0 spiro atoms. The molecule has 0 aliphatic carbocycles. The summed E-state index contributed by atoms with van der Waals surface area (Å²) in [5, 5.41) is 7.77. The van der Waals surface area contributed by atoms with E-state index in [1.807, 2.05) is 0 Å². The molecule has 0 saturated heterocycles. The fraction of sp³-hybridized carbons (Fsp3) is 0.444. The van der Waals surface area contributed by atoms with Crippen LogP contribution in [0.15, 0.2) is 48.6 Å². The predicted octanol–water partition coefficient (Wildman–Crippen LogP) is 8.50. The summed E-state index contributed by atoms with van der Waals surface area (Å²) < 4.78 is 84.2. The minimum Gasteiger partial charge on any atom is -0.444 e. The summed E-state index contributed by atoms with van der Waals surface area (Å²) >= 11 is 0. The van der Waals surface area contributed by atoms with E-state index in [4.69, 9.17) is 9.47 Å². The Morgan fingerprint density at radius 1 is 0.700 bits per heavy atom. The highest BCUT2D eigenvalue weighted by molar-refractivity contribution is 5.76. The van der Waals surface area contributed by atoms with E-state index < -0.39 is 59.4 Å². The third kappa shape index (κ3) is 8.88. The number of amides is 2. The van der Waals surface area contributed by atoms with Crippen molar-refractivity contribution in [3.8, 4) is 22.8 Å². The number of alkyl halides is 3. The van der Waals surface area contributed by atoms with Crippen LogP contribution in [0.5, 0.6) is 0 Å². The number of rotatable bonds is 5. The van der Waals surface area contributed by atoms with Crippen LogP contribution in [0.3, 0.4) is 0 Å². The number of nitrogens with zero attached hydrogens (tertiary/aromatic N) is 5. The van der Waals surface area contributed by atoms with Crippen molar-refractivity contribution in [2.45, 2.75) is 78.3 Å². The molecule has 14 heteroatoms. The molecule has 268 valence electrons. The second-order valence-corrected chi connectivity index (χ2v) is 14.2. The van der Waals surface area contributed by atoms with Crippen LogP contribution in [-0.2, 0) is 16.0 Å². The van der Waals surface area contributed by atoms with Crippen molar-refractivity contribution in [2.75, 3.05) is 26.2 Å². The van der Waals surface area contributed by atoms with E-state index in [1.54, 1.807) is 65.8 Å². The molecule has 50 heavy (non-hydrogen) atoms. The summed E-state index contributed by atoms with van der Waals surface area (Å²) in [6, 6.07) is 8.18. The maximum absolute atomic E-state index is 15.6. The zero-order valence-corrected chi connectivity index (χ0v) is 28.8. The first kappa shape index (κ1) is 36.5. The predicted molar refractivity (Wildman–Crippen MR) is 178 cm³/mol. The monoisotopic (exact) mass is 701 g/mol. The van der Waals surface area contributed by atoms with Gasteiger partial charge in [0.25, 0.3) is 0 Å². The molecular formula is C36H40F5N5O4. The fourth-order valence-electron chi connectivity index (χ4n) is 5.67. The number of hydrogen-bond donors (Lipinski definition) is 0. The molecular weight excluding hydrogens is 661 g/mol. The molecule has 2 aromatic carbocycles. The molecule has 1 aromatic heterocycles. The topological polar surface area (TPSA) is 89.8 Å². The van der Waals surface area contributed by atoms with Crippen molar-refractivity contribution >= 4 is 23.3 Å². The number of hydrogen-bond acceptors (Lipinski definition) is 6. The van der Waals surface area contributed by atoms with E-state index in [0.29, 0.717) is 41.6 Å². The molecule has 0 radical (unpaired) electrons. The van der Waals surface area contributed by atoms with E-state index in [0.717, 1.165) is 11.1 Å². The molecule has 5 rings (SSSR count). The first-order valence-corrected chi connectivity index (χ1v) is 16.2. The molecule has 9 nitrogen and oxygen atoms in total. The van der Waals surface area contributed by atoms with Crippen LogP contribution in [0.1, 0.15) is 65.5 Å². The molecule has 0 N–H and O–H groups in total. The van der Waals surface area contributed by atoms with E-state index in [-0.39, 0.29) is 24.2 Å². The molecule has 2 aliphatic rings. The lowest BCUT2D eigenvalue weighted by Gasteiger charge is -2.29. The number of carbonyl (C=O) groups is 2. The molecule has 3 heterocycles. The standard InChI is InChI=1S/C36H40F5N5O4/c1-34(2,3)49-32(47)44-15-11-22(12-16-44)24-7-9-26(28(37)19-24)30-42-43-31(46(30)21-36(39,40)41)27-10-8-25(20-29(27)38)23-13-17-45(18-14-23)33(48)50-35(4,5)6/h7-11,13,19-20H,12,14-18,21H2,1-6H3. The van der Waals surface area contributed by atoms with Crippen LogP contribution in [0.25, 0.3) is 33.9 Å². The minimum absolute atomic E-state index is 0.234. The van der Waals surface area contributed by atoms with Gasteiger partial charge in [-0.1, -0.05) is 24.3 Å². The normalized spacial score (nSPS) is 15.8. The third-order valence-corrected chi connectivity index (χ3v) is 7.97. The Hall–Kier alpha value is -4.75. The Labute approximate surface area is 287 Å². The first-order valence-electron chi connectivity index (χ1n) is 16.2. The molecule has 0 atom stereocenters. The van der Waals surface area contributed by atoms with Gasteiger partial charge in [-0.05, 0) is 101 Å². The molecule has 2 amide bonds. The Bertz CT molecular complexity index is 1710. The van der Waals surface area contributed by atoms with Crippen molar-refractivity contribution in [3.05, 3.63) is 71.3 Å². The molecule has 0 unspecified atom stereocenters. The lowest BCUT2D eigenvalue weighted by atomic mass is 9.97. The van der Waals surface area contributed by atoms with E-state index in [1.165, 1.54) is 34.1 Å². The van der Waals surface area contributed by atoms with Gasteiger partial charge in [-0.3, -0.25) is 4.57 Å². The van der Waals surface area contributed by atoms with Crippen molar-refractivity contribution in [1.29, 1.82) is 0 Å². The van der Waals surface area contributed by atoms with Crippen LogP contribution in [0.2, 0.25) is 0 Å². The van der Waals surface area contributed by atoms with E-state index in [9.17, 15) is 22.8 Å². The first-order chi connectivity index (χ1) is 23.3. The Balaban J connectivity index is 1.38. The maximum Gasteiger partial charge on any atom is 0.410 e. The molecule has 2 aliphatic heterocycles. The third-order valence-electron chi connectivity index (χ3n) is 7.97. The van der Waals surface area contributed by atoms with Gasteiger partial charge in [-0.2, -0.15) is 13.2 Å². The van der Waals surface area contributed by atoms with Gasteiger partial charge < -0.3 is 19.3 Å². The quantitative estimate of drug-likeness (QED) is 0.248. The van der Waals surface area contributed by atoms with Gasteiger partial charge in [-0.25, -0.2) is 18.4 Å². The summed E-state index contributed by atoms with van der Waals surface area (Å²) in [5.74, 6) is -2.48. The second kappa shape index (κ2) is 13.9. The highest BCUT2D eigenvalue weighted by Crippen LogP contribution is 2.34. The number of halogens is 5. The number of carbonyl (C=O) groups excluding carboxylic acids is 2. The minimum atomic E-state index is -4.75. The van der Waals surface area contributed by atoms with Gasteiger partial charge in [-0.15, -0.1) is 10.2 Å². The van der Waals surface area contributed by atoms with Crippen LogP contribution < -0.4 is 0 Å². The van der Waals surface area contributed by atoms with Crippen LogP contribution in [0.4, 0.5) is 31.5 Å². The summed E-state index contributed by atoms with van der Waals surface area (Å²) in [7, 11) is 0. The lowest BCUT2D eigenvalue weighted by Crippen LogP contribution is -2.39. The highest BCUT2D eigenvalue weighted by Gasteiger charge is 2.33. The van der Waals surface area contributed by atoms with Gasteiger partial charge in [0.2, 0.25) is 0 Å². The van der Waals surface area contributed by atoms with Crippen molar-refractivity contribution < 1.29 is 41.0 Å². The SMILES string of the molecule is CC(C)(C)OC(=O)N1CC=C(c2ccc(-c3nnc(-c4ccc(C5=CCN(C(=O)OC(C)(C)C)CC5)cc4F)n3CC(F)(F)F)c(F)c2)CC1. The largest absolute Gasteiger partial charge is 0.444 e. The number of aromatic nitrogens is 3. The van der Waals surface area contributed by atoms with Crippen molar-refractivity contribution in [2.24, 2.45) is 0 Å². The summed E-state index contributed by atoms with van der Waals surface area (Å²) in [5.41, 5.74) is 0.772. The van der Waals surface area contributed by atoms with Crippen LogP contribution in [-0.4, -0.2) is 80.3 Å².